The van der Waals surface area contributed by atoms with Crippen LogP contribution in [0.15, 0.2) is 18.2 Å². The van der Waals surface area contributed by atoms with Gasteiger partial charge in [0.2, 0.25) is 5.91 Å². The predicted molar refractivity (Wildman–Crippen MR) is 116 cm³/mol. The van der Waals surface area contributed by atoms with Crippen molar-refractivity contribution < 1.29 is 28.3 Å². The number of rotatable bonds is 4. The van der Waals surface area contributed by atoms with Gasteiger partial charge in [-0.1, -0.05) is 19.3 Å². The SMILES string of the molecule is CN1C(=O)N(CC(=O)Nc2cc(F)ccc2NC(=O)OC(C)(C)C)C(=O)C12CCCCC2. The van der Waals surface area contributed by atoms with Gasteiger partial charge in [0.15, 0.2) is 0 Å². The Bertz CT molecular complexity index is 937. The summed E-state index contributed by atoms with van der Waals surface area (Å²) in [7, 11) is 1.58. The van der Waals surface area contributed by atoms with Crippen molar-refractivity contribution in [2.45, 2.75) is 64.0 Å². The number of hydrogen-bond acceptors (Lipinski definition) is 5. The molecule has 1 aliphatic heterocycles. The van der Waals surface area contributed by atoms with Crippen LogP contribution in [0.3, 0.4) is 0 Å². The highest BCUT2D eigenvalue weighted by atomic mass is 19.1. The molecule has 32 heavy (non-hydrogen) atoms. The zero-order chi connectivity index (χ0) is 23.7. The third kappa shape index (κ3) is 4.84. The zero-order valence-electron chi connectivity index (χ0n) is 18.8. The number of anilines is 2. The van der Waals surface area contributed by atoms with E-state index < -0.39 is 41.5 Å². The highest BCUT2D eigenvalue weighted by Gasteiger charge is 2.55. The first-order valence-corrected chi connectivity index (χ1v) is 10.6. The monoisotopic (exact) mass is 448 g/mol. The fourth-order valence-corrected chi connectivity index (χ4v) is 4.15. The van der Waals surface area contributed by atoms with Crippen LogP contribution in [0.5, 0.6) is 0 Å². The number of hydrogen-bond donors (Lipinski definition) is 2. The van der Waals surface area contributed by atoms with Crippen LogP contribution in [0.2, 0.25) is 0 Å². The fourth-order valence-electron chi connectivity index (χ4n) is 4.15. The molecule has 174 valence electrons. The molecule has 0 atom stereocenters. The maximum atomic E-state index is 13.8. The van der Waals surface area contributed by atoms with E-state index in [-0.39, 0.29) is 17.3 Å². The molecule has 1 heterocycles. The van der Waals surface area contributed by atoms with E-state index in [4.69, 9.17) is 4.74 Å². The molecule has 1 saturated carbocycles. The van der Waals surface area contributed by atoms with Gasteiger partial charge < -0.3 is 15.0 Å². The Morgan fingerprint density at radius 3 is 2.38 bits per heavy atom. The molecule has 1 aromatic carbocycles. The topological polar surface area (TPSA) is 108 Å². The van der Waals surface area contributed by atoms with Crippen LogP contribution < -0.4 is 10.6 Å². The summed E-state index contributed by atoms with van der Waals surface area (Å²) in [6, 6.07) is 2.91. The molecular weight excluding hydrogens is 419 g/mol. The number of carbonyl (C=O) groups excluding carboxylic acids is 4. The third-order valence-electron chi connectivity index (χ3n) is 5.68. The summed E-state index contributed by atoms with van der Waals surface area (Å²) in [5, 5.41) is 4.95. The highest BCUT2D eigenvalue weighted by Crippen LogP contribution is 2.39. The van der Waals surface area contributed by atoms with Crippen molar-refractivity contribution >= 4 is 35.3 Å². The number of imide groups is 1. The third-order valence-corrected chi connectivity index (χ3v) is 5.68. The van der Waals surface area contributed by atoms with Gasteiger partial charge in [-0.3, -0.25) is 19.8 Å². The van der Waals surface area contributed by atoms with E-state index >= 15 is 0 Å². The minimum atomic E-state index is -0.891. The number of benzene rings is 1. The Labute approximate surface area is 186 Å². The first kappa shape index (κ1) is 23.5. The van der Waals surface area contributed by atoms with Gasteiger partial charge in [0.05, 0.1) is 11.4 Å². The van der Waals surface area contributed by atoms with E-state index in [0.717, 1.165) is 36.3 Å². The summed E-state index contributed by atoms with van der Waals surface area (Å²) in [6.07, 6.45) is 3.05. The second-order valence-electron chi connectivity index (χ2n) is 9.19. The Morgan fingerprint density at radius 2 is 1.75 bits per heavy atom. The molecule has 5 amide bonds. The van der Waals surface area contributed by atoms with Crippen molar-refractivity contribution in [2.24, 2.45) is 0 Å². The maximum absolute atomic E-state index is 13.8. The van der Waals surface area contributed by atoms with Crippen molar-refractivity contribution in [1.29, 1.82) is 0 Å². The van der Waals surface area contributed by atoms with Gasteiger partial charge >= 0.3 is 12.1 Å². The van der Waals surface area contributed by atoms with Crippen molar-refractivity contribution in [1.82, 2.24) is 9.80 Å². The summed E-state index contributed by atoms with van der Waals surface area (Å²) in [5.74, 6) is -1.71. The molecule has 1 saturated heterocycles. The molecule has 2 N–H and O–H groups in total. The van der Waals surface area contributed by atoms with Crippen LogP contribution in [-0.2, 0) is 14.3 Å². The lowest BCUT2D eigenvalue weighted by molar-refractivity contribution is -0.136. The standard InChI is InChI=1S/C22H29FN4O5/c1-21(2,3)32-19(30)25-15-9-8-14(23)12-16(15)24-17(28)13-27-18(29)22(26(4)20(27)31)10-6-5-7-11-22/h8-9,12H,5-7,10-11,13H2,1-4H3,(H,24,28)(H,25,30). The molecule has 0 unspecified atom stereocenters. The number of urea groups is 1. The summed E-state index contributed by atoms with van der Waals surface area (Å²) in [6.45, 7) is 4.58. The number of carbonyl (C=O) groups is 4. The van der Waals surface area contributed by atoms with E-state index in [0.29, 0.717) is 12.8 Å². The van der Waals surface area contributed by atoms with Crippen molar-refractivity contribution in [3.63, 3.8) is 0 Å². The van der Waals surface area contributed by atoms with E-state index in [9.17, 15) is 23.6 Å². The second kappa shape index (κ2) is 8.76. The quantitative estimate of drug-likeness (QED) is 0.683. The molecule has 2 aliphatic rings. The number of nitrogens with one attached hydrogen (secondary N) is 2. The molecule has 9 nitrogen and oxygen atoms in total. The Balaban J connectivity index is 1.72. The van der Waals surface area contributed by atoms with E-state index in [1.165, 1.54) is 11.0 Å². The van der Waals surface area contributed by atoms with Gasteiger partial charge in [0.25, 0.3) is 5.91 Å². The van der Waals surface area contributed by atoms with Crippen LogP contribution in [-0.4, -0.2) is 58.5 Å². The molecule has 1 aliphatic carbocycles. The van der Waals surface area contributed by atoms with E-state index in [1.807, 2.05) is 0 Å². The minimum Gasteiger partial charge on any atom is -0.444 e. The summed E-state index contributed by atoms with van der Waals surface area (Å²) < 4.78 is 19.0. The molecule has 0 radical (unpaired) electrons. The molecule has 0 aromatic heterocycles. The molecular formula is C22H29FN4O5. The summed E-state index contributed by atoms with van der Waals surface area (Å²) >= 11 is 0. The van der Waals surface area contributed by atoms with Crippen LogP contribution in [0, 0.1) is 5.82 Å². The van der Waals surface area contributed by atoms with Gasteiger partial charge in [-0.15, -0.1) is 0 Å². The number of halogens is 1. The van der Waals surface area contributed by atoms with Crippen LogP contribution >= 0.6 is 0 Å². The summed E-state index contributed by atoms with van der Waals surface area (Å²) in [4.78, 5) is 52.8. The van der Waals surface area contributed by atoms with Gasteiger partial charge in [0, 0.05) is 7.05 Å². The smallest absolute Gasteiger partial charge is 0.412 e. The first-order chi connectivity index (χ1) is 14.9. The van der Waals surface area contributed by atoms with Gasteiger partial charge in [-0.05, 0) is 51.8 Å². The lowest BCUT2D eigenvalue weighted by Crippen LogP contribution is -2.49. The van der Waals surface area contributed by atoms with Gasteiger partial charge in [-0.2, -0.15) is 0 Å². The average Bonchev–Trinajstić information content (AvgIpc) is 2.85. The first-order valence-electron chi connectivity index (χ1n) is 10.6. The zero-order valence-corrected chi connectivity index (χ0v) is 18.8. The largest absolute Gasteiger partial charge is 0.444 e. The Morgan fingerprint density at radius 1 is 1.09 bits per heavy atom. The molecule has 1 aromatic rings. The van der Waals surface area contributed by atoms with E-state index in [1.54, 1.807) is 27.8 Å². The van der Waals surface area contributed by atoms with Gasteiger partial charge in [0.1, 0.15) is 23.5 Å². The number of nitrogens with zero attached hydrogens (tertiary/aromatic N) is 2. The highest BCUT2D eigenvalue weighted by molar-refractivity contribution is 6.10. The van der Waals surface area contributed by atoms with Crippen LogP contribution in [0.4, 0.5) is 25.4 Å². The average molecular weight is 448 g/mol. The number of likely N-dealkylation sites (N-methyl/N-ethyl adjacent to an activating group) is 1. The lowest BCUT2D eigenvalue weighted by Gasteiger charge is -2.35. The molecule has 10 heteroatoms. The van der Waals surface area contributed by atoms with Crippen LogP contribution in [0.1, 0.15) is 52.9 Å². The maximum Gasteiger partial charge on any atom is 0.412 e. The Hall–Kier alpha value is -3.17. The molecule has 0 bridgehead atoms. The van der Waals surface area contributed by atoms with Crippen molar-refractivity contribution in [2.75, 3.05) is 24.2 Å². The van der Waals surface area contributed by atoms with Crippen LogP contribution in [0.25, 0.3) is 0 Å². The van der Waals surface area contributed by atoms with Crippen molar-refractivity contribution in [3.05, 3.63) is 24.0 Å². The normalized spacial score (nSPS) is 18.2. The van der Waals surface area contributed by atoms with Gasteiger partial charge in [-0.25, -0.2) is 14.0 Å². The number of amides is 5. The van der Waals surface area contributed by atoms with E-state index in [2.05, 4.69) is 10.6 Å². The Kier molecular flexibility index (Phi) is 6.43. The fraction of sp³-hybridized carbons (Fsp3) is 0.545. The molecule has 2 fully saturated rings. The second-order valence-corrected chi connectivity index (χ2v) is 9.19. The predicted octanol–water partition coefficient (Wildman–Crippen LogP) is 3.71. The minimum absolute atomic E-state index is 0.0133. The lowest BCUT2D eigenvalue weighted by atomic mass is 9.81. The molecule has 1 spiro atoms. The van der Waals surface area contributed by atoms with Crippen molar-refractivity contribution in [3.8, 4) is 0 Å². The number of ether oxygens (including phenoxy) is 1. The molecule has 3 rings (SSSR count). The summed E-state index contributed by atoms with van der Waals surface area (Å²) in [5.41, 5.74) is -1.53.